The molecule has 0 saturated heterocycles. The van der Waals surface area contributed by atoms with Crippen LogP contribution >= 0.6 is 0 Å². The van der Waals surface area contributed by atoms with E-state index in [9.17, 15) is 9.59 Å². The van der Waals surface area contributed by atoms with E-state index in [1.54, 1.807) is 29.9 Å². The maximum atomic E-state index is 13.1. The van der Waals surface area contributed by atoms with E-state index >= 15 is 0 Å². The van der Waals surface area contributed by atoms with E-state index in [2.05, 4.69) is 0 Å². The number of carbonyl (C=O) groups is 2. The Morgan fingerprint density at radius 3 is 2.31 bits per heavy atom. The minimum atomic E-state index is -0.477. The molecule has 0 spiro atoms. The molecule has 32 heavy (non-hydrogen) atoms. The quantitative estimate of drug-likeness (QED) is 0.641. The van der Waals surface area contributed by atoms with E-state index < -0.39 is 12.2 Å². The lowest BCUT2D eigenvalue weighted by atomic mass is 9.90. The van der Waals surface area contributed by atoms with E-state index in [1.165, 1.54) is 14.2 Å². The molecular weight excluding hydrogens is 412 g/mol. The largest absolute Gasteiger partial charge is 0.493 e. The van der Waals surface area contributed by atoms with Crippen molar-refractivity contribution < 1.29 is 28.5 Å². The zero-order valence-corrected chi connectivity index (χ0v) is 19.2. The molecule has 0 fully saturated rings. The molecule has 0 radical (unpaired) electrons. The molecule has 0 aliphatic carbocycles. The van der Waals surface area contributed by atoms with Gasteiger partial charge in [-0.25, -0.2) is 9.59 Å². The predicted molar refractivity (Wildman–Crippen MR) is 120 cm³/mol. The van der Waals surface area contributed by atoms with Crippen LogP contribution in [0.4, 0.5) is 15.3 Å². The average molecular weight is 443 g/mol. The summed E-state index contributed by atoms with van der Waals surface area (Å²) in [5.74, 6) is 0.998. The monoisotopic (exact) mass is 442 g/mol. The van der Waals surface area contributed by atoms with Crippen molar-refractivity contribution in [1.29, 1.82) is 0 Å². The van der Waals surface area contributed by atoms with Crippen molar-refractivity contribution in [3.8, 4) is 11.5 Å². The molecule has 0 bridgehead atoms. The van der Waals surface area contributed by atoms with Crippen molar-refractivity contribution in [3.05, 3.63) is 53.6 Å². The van der Waals surface area contributed by atoms with Gasteiger partial charge in [-0.15, -0.1) is 0 Å². The number of hydrogen-bond donors (Lipinski definition) is 0. The van der Waals surface area contributed by atoms with Crippen molar-refractivity contribution in [2.45, 2.75) is 38.9 Å². The minimum absolute atomic E-state index is 0.231. The highest BCUT2D eigenvalue weighted by Gasteiger charge is 2.40. The van der Waals surface area contributed by atoms with Crippen LogP contribution in [0.15, 0.2) is 42.5 Å². The van der Waals surface area contributed by atoms with Gasteiger partial charge >= 0.3 is 12.2 Å². The van der Waals surface area contributed by atoms with Gasteiger partial charge in [0.05, 0.1) is 39.7 Å². The first kappa shape index (κ1) is 23.2. The highest BCUT2D eigenvalue weighted by Crippen LogP contribution is 2.46. The number of amides is 2. The van der Waals surface area contributed by atoms with Crippen molar-refractivity contribution in [2.24, 2.45) is 0 Å². The van der Waals surface area contributed by atoms with Crippen molar-refractivity contribution >= 4 is 17.9 Å². The molecule has 1 heterocycles. The summed E-state index contributed by atoms with van der Waals surface area (Å²) in [5, 5.41) is 0. The molecule has 0 N–H and O–H groups in total. The molecule has 2 aromatic carbocycles. The first-order valence-electron chi connectivity index (χ1n) is 10.6. The molecule has 0 saturated carbocycles. The Kier molecular flexibility index (Phi) is 7.45. The number of nitrogens with zero attached hydrogens (tertiary/aromatic N) is 2. The molecule has 2 aromatic rings. The van der Waals surface area contributed by atoms with Gasteiger partial charge in [-0.05, 0) is 31.9 Å². The highest BCUT2D eigenvalue weighted by molar-refractivity contribution is 5.91. The zero-order chi connectivity index (χ0) is 23.3. The molecule has 1 aliphatic rings. The SMILES string of the molecule is CCOC(=O)N(Cc1ccccc1)[C@H]1C[C@@H](C)N(C(=O)OC)c2cc(OC)c(OC)cc21. The molecule has 3 rings (SSSR count). The Labute approximate surface area is 188 Å². The zero-order valence-electron chi connectivity index (χ0n) is 19.2. The number of rotatable bonds is 6. The van der Waals surface area contributed by atoms with Crippen molar-refractivity contribution in [1.82, 2.24) is 4.90 Å². The van der Waals surface area contributed by atoms with E-state index in [0.29, 0.717) is 30.2 Å². The third kappa shape index (κ3) is 4.59. The summed E-state index contributed by atoms with van der Waals surface area (Å²) in [5.41, 5.74) is 2.35. The second-order valence-electron chi connectivity index (χ2n) is 7.52. The smallest absolute Gasteiger partial charge is 0.414 e. The molecule has 2 amide bonds. The van der Waals surface area contributed by atoms with Crippen LogP contribution in [-0.2, 0) is 16.0 Å². The first-order valence-corrected chi connectivity index (χ1v) is 10.6. The van der Waals surface area contributed by atoms with Gasteiger partial charge in [0.25, 0.3) is 0 Å². The first-order chi connectivity index (χ1) is 15.4. The Balaban J connectivity index is 2.14. The summed E-state index contributed by atoms with van der Waals surface area (Å²) in [6, 6.07) is 12.7. The number of hydrogen-bond acceptors (Lipinski definition) is 6. The van der Waals surface area contributed by atoms with Crippen LogP contribution in [0.25, 0.3) is 0 Å². The molecule has 8 heteroatoms. The minimum Gasteiger partial charge on any atom is -0.493 e. The van der Waals surface area contributed by atoms with Gasteiger partial charge in [-0.1, -0.05) is 30.3 Å². The van der Waals surface area contributed by atoms with Gasteiger partial charge in [0, 0.05) is 24.2 Å². The molecule has 172 valence electrons. The fraction of sp³-hybridized carbons (Fsp3) is 0.417. The number of ether oxygens (including phenoxy) is 4. The van der Waals surface area contributed by atoms with Gasteiger partial charge in [-0.3, -0.25) is 9.80 Å². The lowest BCUT2D eigenvalue weighted by Crippen LogP contribution is -2.47. The highest BCUT2D eigenvalue weighted by atomic mass is 16.6. The summed E-state index contributed by atoms with van der Waals surface area (Å²) < 4.78 is 21.4. The number of carbonyl (C=O) groups excluding carboxylic acids is 2. The fourth-order valence-corrected chi connectivity index (χ4v) is 4.11. The summed E-state index contributed by atoms with van der Waals surface area (Å²) >= 11 is 0. The van der Waals surface area contributed by atoms with Gasteiger partial charge < -0.3 is 18.9 Å². The van der Waals surface area contributed by atoms with Crippen LogP contribution in [0, 0.1) is 0 Å². The van der Waals surface area contributed by atoms with Gasteiger partial charge in [-0.2, -0.15) is 0 Å². The second-order valence-corrected chi connectivity index (χ2v) is 7.52. The maximum absolute atomic E-state index is 13.1. The van der Waals surface area contributed by atoms with Crippen LogP contribution < -0.4 is 14.4 Å². The van der Waals surface area contributed by atoms with Crippen LogP contribution in [0.1, 0.15) is 37.4 Å². The standard InChI is InChI=1S/C24H30N2O6/c1-6-32-23(27)25(15-17-10-8-7-9-11-17)19-12-16(2)26(24(28)31-5)20-14-22(30-4)21(29-3)13-18(19)20/h7-11,13-14,16,19H,6,12,15H2,1-5H3/t16-,19+/m1/s1. The topological polar surface area (TPSA) is 77.5 Å². The lowest BCUT2D eigenvalue weighted by molar-refractivity contribution is 0.0811. The van der Waals surface area contributed by atoms with Crippen molar-refractivity contribution in [2.75, 3.05) is 32.8 Å². The Morgan fingerprint density at radius 2 is 1.72 bits per heavy atom. The number of methoxy groups -OCH3 is 3. The number of fused-ring (bicyclic) bond motifs is 1. The average Bonchev–Trinajstić information content (AvgIpc) is 2.81. The summed E-state index contributed by atoms with van der Waals surface area (Å²) in [6.45, 7) is 4.33. The van der Waals surface area contributed by atoms with E-state index in [-0.39, 0.29) is 18.7 Å². The van der Waals surface area contributed by atoms with E-state index in [4.69, 9.17) is 18.9 Å². The van der Waals surface area contributed by atoms with Crippen molar-refractivity contribution in [3.63, 3.8) is 0 Å². The maximum Gasteiger partial charge on any atom is 0.414 e. The van der Waals surface area contributed by atoms with Gasteiger partial charge in [0.15, 0.2) is 11.5 Å². The van der Waals surface area contributed by atoms with Crippen LogP contribution in [0.3, 0.4) is 0 Å². The van der Waals surface area contributed by atoms with E-state index in [0.717, 1.165) is 11.1 Å². The lowest BCUT2D eigenvalue weighted by Gasteiger charge is -2.42. The molecule has 1 aliphatic heterocycles. The number of benzene rings is 2. The molecule has 2 atom stereocenters. The van der Waals surface area contributed by atoms with Crippen LogP contribution in [0.2, 0.25) is 0 Å². The normalized spacial score (nSPS) is 17.2. The molecular formula is C24H30N2O6. The Hall–Kier alpha value is -3.42. The van der Waals surface area contributed by atoms with Crippen LogP contribution in [0.5, 0.6) is 11.5 Å². The second kappa shape index (κ2) is 10.3. The van der Waals surface area contributed by atoms with E-state index in [1.807, 2.05) is 43.3 Å². The summed E-state index contributed by atoms with van der Waals surface area (Å²) in [4.78, 5) is 29.0. The Bertz CT molecular complexity index is 949. The van der Waals surface area contributed by atoms with Gasteiger partial charge in [0.2, 0.25) is 0 Å². The third-order valence-electron chi connectivity index (χ3n) is 5.60. The predicted octanol–water partition coefficient (Wildman–Crippen LogP) is 4.77. The third-order valence-corrected chi connectivity index (χ3v) is 5.60. The molecule has 8 nitrogen and oxygen atoms in total. The van der Waals surface area contributed by atoms with Crippen LogP contribution in [-0.4, -0.2) is 51.1 Å². The summed E-state index contributed by atoms with van der Waals surface area (Å²) in [6.07, 6.45) is -0.389. The molecule has 0 unspecified atom stereocenters. The van der Waals surface area contributed by atoms with Gasteiger partial charge in [0.1, 0.15) is 0 Å². The Morgan fingerprint density at radius 1 is 1.06 bits per heavy atom. The number of anilines is 1. The molecule has 0 aromatic heterocycles. The summed E-state index contributed by atoms with van der Waals surface area (Å²) in [7, 11) is 4.44. The fourth-order valence-electron chi connectivity index (χ4n) is 4.11.